The summed E-state index contributed by atoms with van der Waals surface area (Å²) in [5.74, 6) is 0.462. The van der Waals surface area contributed by atoms with Gasteiger partial charge in [-0.25, -0.2) is 0 Å². The first-order valence-corrected chi connectivity index (χ1v) is 10.0. The second-order valence-electron chi connectivity index (χ2n) is 7.89. The Bertz CT molecular complexity index is 760. The maximum absolute atomic E-state index is 12.6. The Kier molecular flexibility index (Phi) is 10.1. The molecule has 0 spiro atoms. The minimum Gasteiger partial charge on any atom is -0.398 e. The highest BCUT2D eigenvalue weighted by Crippen LogP contribution is 2.25. The summed E-state index contributed by atoms with van der Waals surface area (Å²) in [5.41, 5.74) is 9.33. The quantitative estimate of drug-likeness (QED) is 0.278. The molecule has 0 aliphatic rings. The Morgan fingerprint density at radius 2 is 2.03 bits per heavy atom. The number of nitrogens with two attached hydrogens (primary N) is 1. The Morgan fingerprint density at radius 1 is 1.34 bits per heavy atom. The van der Waals surface area contributed by atoms with E-state index in [1.165, 1.54) is 6.21 Å². The van der Waals surface area contributed by atoms with Crippen molar-refractivity contribution in [3.05, 3.63) is 66.3 Å². The van der Waals surface area contributed by atoms with Crippen molar-refractivity contribution in [2.45, 2.75) is 32.7 Å². The fraction of sp³-hybridized carbons (Fsp3) is 0.417. The summed E-state index contributed by atoms with van der Waals surface area (Å²) in [7, 11) is 4.01. The Hall–Kier alpha value is -2.66. The van der Waals surface area contributed by atoms with E-state index in [9.17, 15) is 4.79 Å². The van der Waals surface area contributed by atoms with Crippen LogP contribution in [-0.4, -0.2) is 43.7 Å². The number of nitrogens with zero attached hydrogens (tertiary/aromatic N) is 1. The fourth-order valence-corrected chi connectivity index (χ4v) is 3.31. The lowest BCUT2D eigenvalue weighted by atomic mass is 9.85. The number of nitrogen functional groups attached to an aromatic ring is 1. The molecule has 0 aliphatic heterocycles. The molecule has 0 heterocycles. The Balaban J connectivity index is 0. The van der Waals surface area contributed by atoms with Gasteiger partial charge in [-0.2, -0.15) is 0 Å². The summed E-state index contributed by atoms with van der Waals surface area (Å²) >= 11 is 0. The van der Waals surface area contributed by atoms with Gasteiger partial charge in [-0.05, 0) is 55.6 Å². The molecule has 162 valence electrons. The molecule has 4 N–H and O–H groups in total. The molecule has 1 aromatic carbocycles. The van der Waals surface area contributed by atoms with Crippen molar-refractivity contribution in [3.8, 4) is 0 Å². The lowest BCUT2D eigenvalue weighted by molar-refractivity contribution is -0.122. The van der Waals surface area contributed by atoms with Crippen molar-refractivity contribution in [2.75, 3.05) is 26.4 Å². The summed E-state index contributed by atoms with van der Waals surface area (Å²) in [6, 6.07) is 5.88. The van der Waals surface area contributed by atoms with Crippen LogP contribution >= 0.6 is 0 Å². The molecular formula is C24H40N4O. The van der Waals surface area contributed by atoms with Crippen molar-refractivity contribution < 1.29 is 7.65 Å². The first-order valence-electron chi connectivity index (χ1n) is 10.0. The molecule has 2 atom stereocenters. The van der Waals surface area contributed by atoms with Gasteiger partial charge in [-0.15, -0.1) is 0 Å². The Labute approximate surface area is 178 Å². The molecule has 0 aromatic heterocycles. The molecular weight excluding hydrogens is 360 g/mol. The molecule has 0 unspecified atom stereocenters. The van der Waals surface area contributed by atoms with Crippen LogP contribution in [0.3, 0.4) is 0 Å². The second kappa shape index (κ2) is 12.0. The molecule has 0 radical (unpaired) electrons. The molecule has 29 heavy (non-hydrogen) atoms. The summed E-state index contributed by atoms with van der Waals surface area (Å²) in [5, 5.41) is 10.6. The number of likely N-dealkylation sites (N-methyl/N-ethyl adjacent to an activating group) is 1. The van der Waals surface area contributed by atoms with Crippen molar-refractivity contribution in [1.29, 1.82) is 5.41 Å². The normalized spacial score (nSPS) is 13.8. The smallest absolute Gasteiger partial charge is 0.220 e. The van der Waals surface area contributed by atoms with Gasteiger partial charge in [0.1, 0.15) is 0 Å². The molecule has 0 fully saturated rings. The van der Waals surface area contributed by atoms with Gasteiger partial charge in [0, 0.05) is 39.3 Å². The van der Waals surface area contributed by atoms with Gasteiger partial charge >= 0.3 is 0 Å². The van der Waals surface area contributed by atoms with E-state index in [2.05, 4.69) is 37.2 Å². The van der Waals surface area contributed by atoms with Gasteiger partial charge in [0.05, 0.1) is 0 Å². The van der Waals surface area contributed by atoms with Gasteiger partial charge in [0.15, 0.2) is 0 Å². The predicted molar refractivity (Wildman–Crippen MR) is 129 cm³/mol. The maximum atomic E-state index is 12.6. The minimum absolute atomic E-state index is 0. The van der Waals surface area contributed by atoms with Crippen molar-refractivity contribution in [3.63, 3.8) is 0 Å². The summed E-state index contributed by atoms with van der Waals surface area (Å²) in [6.07, 6.45) is 7.92. The fourth-order valence-electron chi connectivity index (χ4n) is 3.31. The third-order valence-electron chi connectivity index (χ3n) is 5.23. The largest absolute Gasteiger partial charge is 0.398 e. The number of carbonyl (C=O) groups excluding carboxylic acids is 1. The summed E-state index contributed by atoms with van der Waals surface area (Å²) < 4.78 is 0. The molecule has 5 heteroatoms. The zero-order valence-electron chi connectivity index (χ0n) is 18.2. The zero-order chi connectivity index (χ0) is 22.0. The molecule has 1 amide bonds. The van der Waals surface area contributed by atoms with E-state index < -0.39 is 0 Å². The van der Waals surface area contributed by atoms with Crippen molar-refractivity contribution in [1.82, 2.24) is 10.2 Å². The van der Waals surface area contributed by atoms with Crippen LogP contribution in [0.4, 0.5) is 5.69 Å². The summed E-state index contributed by atoms with van der Waals surface area (Å²) in [4.78, 5) is 14.7. The third-order valence-corrected chi connectivity index (χ3v) is 5.23. The molecule has 1 aromatic rings. The summed E-state index contributed by atoms with van der Waals surface area (Å²) in [6.45, 7) is 12.4. The van der Waals surface area contributed by atoms with Crippen LogP contribution in [-0.2, 0) is 11.2 Å². The van der Waals surface area contributed by atoms with E-state index in [-0.39, 0.29) is 20.7 Å². The minimum atomic E-state index is 0. The lowest BCUT2D eigenvalue weighted by Gasteiger charge is -2.26. The highest BCUT2D eigenvalue weighted by atomic mass is 16.1. The number of allylic oxidation sites excluding steroid dienone is 4. The van der Waals surface area contributed by atoms with E-state index in [1.807, 2.05) is 44.4 Å². The molecule has 0 saturated carbocycles. The SMILES string of the molecule is C=C/C=C(\C=C)[C@H](CC(=O)NC[C@H](Cc1ccc(N)c(C=N)c1)N(C)C)C(C)C.[HH].[HH]. The van der Waals surface area contributed by atoms with Gasteiger partial charge in [-0.3, -0.25) is 4.79 Å². The number of amides is 1. The first-order chi connectivity index (χ1) is 13.7. The van der Waals surface area contributed by atoms with Gasteiger partial charge < -0.3 is 21.4 Å². The van der Waals surface area contributed by atoms with Gasteiger partial charge in [0.2, 0.25) is 5.91 Å². The van der Waals surface area contributed by atoms with E-state index in [0.29, 0.717) is 24.6 Å². The van der Waals surface area contributed by atoms with Crippen molar-refractivity contribution >= 4 is 17.8 Å². The molecule has 0 saturated heterocycles. The molecule has 1 rings (SSSR count). The van der Waals surface area contributed by atoms with Crippen LogP contribution in [0.2, 0.25) is 0 Å². The zero-order valence-corrected chi connectivity index (χ0v) is 18.2. The van der Waals surface area contributed by atoms with E-state index in [4.69, 9.17) is 11.1 Å². The number of benzene rings is 1. The predicted octanol–water partition coefficient (Wildman–Crippen LogP) is 4.31. The van der Waals surface area contributed by atoms with Crippen LogP contribution < -0.4 is 11.1 Å². The highest BCUT2D eigenvalue weighted by molar-refractivity contribution is 5.85. The number of anilines is 1. The monoisotopic (exact) mass is 400 g/mol. The average Bonchev–Trinajstić information content (AvgIpc) is 2.68. The Morgan fingerprint density at radius 3 is 2.55 bits per heavy atom. The highest BCUT2D eigenvalue weighted by Gasteiger charge is 2.21. The van der Waals surface area contributed by atoms with Crippen molar-refractivity contribution in [2.24, 2.45) is 11.8 Å². The third kappa shape index (κ3) is 7.70. The van der Waals surface area contributed by atoms with Crippen LogP contribution in [0.1, 0.15) is 34.2 Å². The van der Waals surface area contributed by atoms with E-state index in [1.54, 1.807) is 6.08 Å². The number of rotatable bonds is 12. The average molecular weight is 401 g/mol. The number of carbonyl (C=O) groups is 1. The van der Waals surface area contributed by atoms with Gasteiger partial charge in [-0.1, -0.05) is 51.3 Å². The molecule has 0 aliphatic carbocycles. The maximum Gasteiger partial charge on any atom is 0.220 e. The van der Waals surface area contributed by atoms with Crippen LogP contribution in [0, 0.1) is 17.2 Å². The first kappa shape index (κ1) is 24.4. The lowest BCUT2D eigenvalue weighted by Crippen LogP contribution is -2.42. The number of hydrogen-bond donors (Lipinski definition) is 3. The van der Waals surface area contributed by atoms with E-state index >= 15 is 0 Å². The van der Waals surface area contributed by atoms with Crippen LogP contribution in [0.5, 0.6) is 0 Å². The van der Waals surface area contributed by atoms with E-state index in [0.717, 1.165) is 23.1 Å². The molecule has 5 nitrogen and oxygen atoms in total. The van der Waals surface area contributed by atoms with Crippen LogP contribution in [0.15, 0.2) is 55.2 Å². The van der Waals surface area contributed by atoms with Crippen LogP contribution in [0.25, 0.3) is 0 Å². The molecule has 0 bridgehead atoms. The number of nitrogens with one attached hydrogen (secondary N) is 2. The standard InChI is InChI=1S/C24H36N4O.2H2/c1-7-9-19(8-2)22(17(3)4)14-24(29)27-16-21(28(5)6)13-18-10-11-23(26)20(12-18)15-25;;/h7-12,15,17,21-22,25H,1-2,13-14,16,26H2,3-6H3,(H,27,29);2*1H/b19-9+,25-15?;;/t21-,22+;;/m0../s1. The second-order valence-corrected chi connectivity index (χ2v) is 7.89. The topological polar surface area (TPSA) is 82.2 Å². The number of hydrogen-bond acceptors (Lipinski definition) is 4. The van der Waals surface area contributed by atoms with Gasteiger partial charge in [0.25, 0.3) is 0 Å².